The molecule has 0 aromatic heterocycles. The molecule has 0 aromatic rings. The molecule has 0 bridgehead atoms. The van der Waals surface area contributed by atoms with E-state index in [2.05, 4.69) is 11.4 Å². The van der Waals surface area contributed by atoms with E-state index in [1.54, 1.807) is 25.7 Å². The Balaban J connectivity index is 1.84. The smallest absolute Gasteiger partial charge is 0.408 e. The highest BCUT2D eigenvalue weighted by Crippen LogP contribution is 2.47. The zero-order chi connectivity index (χ0) is 17.2. The number of nitrogens with one attached hydrogen (secondary N) is 1. The number of hydrogen-bond acceptors (Lipinski definition) is 5. The van der Waals surface area contributed by atoms with Gasteiger partial charge in [0.05, 0.1) is 6.07 Å². The third kappa shape index (κ3) is 4.68. The Kier molecular flexibility index (Phi) is 4.93. The lowest BCUT2D eigenvalue weighted by Gasteiger charge is -2.24. The summed E-state index contributed by atoms with van der Waals surface area (Å²) < 4.78 is 5.11. The largest absolute Gasteiger partial charge is 0.444 e. The third-order valence-corrected chi connectivity index (χ3v) is 4.14. The van der Waals surface area contributed by atoms with Gasteiger partial charge in [0.2, 0.25) is 5.91 Å². The summed E-state index contributed by atoms with van der Waals surface area (Å²) in [7, 11) is 0. The third-order valence-electron chi connectivity index (χ3n) is 4.14. The van der Waals surface area contributed by atoms with Crippen LogP contribution in [0.5, 0.6) is 0 Å². The molecule has 3 unspecified atom stereocenters. The van der Waals surface area contributed by atoms with E-state index >= 15 is 0 Å². The monoisotopic (exact) mass is 321 g/mol. The van der Waals surface area contributed by atoms with Crippen molar-refractivity contribution in [2.75, 3.05) is 13.1 Å². The van der Waals surface area contributed by atoms with E-state index in [1.165, 1.54) is 0 Å². The van der Waals surface area contributed by atoms with Crippen LogP contribution >= 0.6 is 0 Å². The minimum atomic E-state index is -0.793. The van der Waals surface area contributed by atoms with Crippen LogP contribution in [0.2, 0.25) is 0 Å². The van der Waals surface area contributed by atoms with E-state index in [1.807, 2.05) is 0 Å². The Morgan fingerprint density at radius 2 is 2.26 bits per heavy atom. The number of ether oxygens (including phenoxy) is 1. The molecule has 2 amide bonds. The summed E-state index contributed by atoms with van der Waals surface area (Å²) in [5, 5.41) is 11.4. The summed E-state index contributed by atoms with van der Waals surface area (Å²) in [6.07, 6.45) is 1.21. The Labute approximate surface area is 136 Å². The molecule has 1 aliphatic carbocycles. The van der Waals surface area contributed by atoms with Crippen LogP contribution in [0.4, 0.5) is 4.79 Å². The fourth-order valence-electron chi connectivity index (χ4n) is 2.97. The zero-order valence-corrected chi connectivity index (χ0v) is 13.7. The topological polar surface area (TPSA) is 99.5 Å². The number of nitriles is 1. The highest BCUT2D eigenvalue weighted by molar-refractivity contribution is 5.80. The van der Waals surface area contributed by atoms with Crippen LogP contribution in [0, 0.1) is 29.1 Å². The number of aldehydes is 1. The molecule has 0 radical (unpaired) electrons. The van der Waals surface area contributed by atoms with E-state index in [0.29, 0.717) is 25.2 Å². The second kappa shape index (κ2) is 6.57. The quantitative estimate of drug-likeness (QED) is 0.764. The lowest BCUT2D eigenvalue weighted by molar-refractivity contribution is -0.128. The summed E-state index contributed by atoms with van der Waals surface area (Å²) in [6.45, 7) is 5.89. The van der Waals surface area contributed by atoms with Gasteiger partial charge in [0, 0.05) is 25.4 Å². The first kappa shape index (κ1) is 17.3. The molecule has 2 aliphatic rings. The maximum absolute atomic E-state index is 12.1. The molecule has 4 atom stereocenters. The normalized spacial score (nSPS) is 28.0. The van der Waals surface area contributed by atoms with Crippen molar-refractivity contribution in [2.24, 2.45) is 17.8 Å². The number of rotatable bonds is 5. The van der Waals surface area contributed by atoms with Crippen molar-refractivity contribution in [3.63, 3.8) is 0 Å². The molecule has 23 heavy (non-hydrogen) atoms. The van der Waals surface area contributed by atoms with Gasteiger partial charge in [-0.25, -0.2) is 4.79 Å². The fourth-order valence-corrected chi connectivity index (χ4v) is 2.97. The van der Waals surface area contributed by atoms with E-state index in [-0.39, 0.29) is 24.3 Å². The highest BCUT2D eigenvalue weighted by atomic mass is 16.6. The van der Waals surface area contributed by atoms with Crippen LogP contribution in [0.3, 0.4) is 0 Å². The molecule has 7 nitrogen and oxygen atoms in total. The van der Waals surface area contributed by atoms with Crippen molar-refractivity contribution in [2.45, 2.75) is 45.3 Å². The second-order valence-electron chi connectivity index (χ2n) is 7.29. The Morgan fingerprint density at radius 3 is 2.78 bits per heavy atom. The Bertz CT molecular complexity index is 534. The van der Waals surface area contributed by atoms with Crippen LogP contribution < -0.4 is 5.32 Å². The van der Waals surface area contributed by atoms with Crippen molar-refractivity contribution < 1.29 is 19.1 Å². The fraction of sp³-hybridized carbons (Fsp3) is 0.750. The summed E-state index contributed by atoms with van der Waals surface area (Å²) in [6, 6.07) is 1.44. The van der Waals surface area contributed by atoms with Crippen LogP contribution in [0.15, 0.2) is 0 Å². The average Bonchev–Trinajstić information content (AvgIpc) is 3.14. The molecule has 0 aromatic carbocycles. The summed E-state index contributed by atoms with van der Waals surface area (Å²) in [4.78, 5) is 36.5. The van der Waals surface area contributed by atoms with E-state index in [4.69, 9.17) is 10.00 Å². The van der Waals surface area contributed by atoms with Crippen LogP contribution in [0.1, 0.15) is 33.6 Å². The van der Waals surface area contributed by atoms with Crippen molar-refractivity contribution in [3.8, 4) is 6.07 Å². The van der Waals surface area contributed by atoms with Gasteiger partial charge in [0.25, 0.3) is 0 Å². The molecule has 1 N–H and O–H groups in total. The predicted octanol–water partition coefficient (Wildman–Crippen LogP) is 1.09. The molecule has 2 rings (SSSR count). The van der Waals surface area contributed by atoms with Crippen LogP contribution in [0.25, 0.3) is 0 Å². The van der Waals surface area contributed by atoms with Crippen molar-refractivity contribution >= 4 is 18.3 Å². The first-order chi connectivity index (χ1) is 10.7. The number of amides is 2. The summed E-state index contributed by atoms with van der Waals surface area (Å²) in [5.41, 5.74) is -0.648. The molecular weight excluding hydrogens is 298 g/mol. The summed E-state index contributed by atoms with van der Waals surface area (Å²) >= 11 is 0. The van der Waals surface area contributed by atoms with E-state index in [9.17, 15) is 14.4 Å². The van der Waals surface area contributed by atoms with Crippen molar-refractivity contribution in [1.82, 2.24) is 10.2 Å². The number of likely N-dealkylation sites (tertiary alicyclic amines) is 1. The maximum Gasteiger partial charge on any atom is 0.408 e. The number of carbonyl (C=O) groups excluding carboxylic acids is 3. The Morgan fingerprint density at radius 1 is 1.57 bits per heavy atom. The molecule has 1 heterocycles. The lowest BCUT2D eigenvalue weighted by Crippen LogP contribution is -2.46. The van der Waals surface area contributed by atoms with Gasteiger partial charge in [0.15, 0.2) is 0 Å². The molecule has 1 saturated heterocycles. The van der Waals surface area contributed by atoms with Gasteiger partial charge in [-0.3, -0.25) is 4.79 Å². The first-order valence-electron chi connectivity index (χ1n) is 7.85. The standard InChI is InChI=1S/C16H23N3O4/c1-16(2,3)23-15(22)18-12(9-20)8-19-7-11(5-14(19)21)13-4-10(13)6-17/h9-13H,4-5,7-8H2,1-3H3,(H,18,22)/t10?,11?,12-,13?/m0/s1. The van der Waals surface area contributed by atoms with Gasteiger partial charge in [0.1, 0.15) is 17.9 Å². The number of alkyl carbamates (subject to hydrolysis) is 1. The van der Waals surface area contributed by atoms with Crippen LogP contribution in [-0.2, 0) is 14.3 Å². The molecule has 2 fully saturated rings. The van der Waals surface area contributed by atoms with Gasteiger partial charge in [-0.1, -0.05) is 0 Å². The van der Waals surface area contributed by atoms with E-state index in [0.717, 1.165) is 6.42 Å². The molecule has 1 saturated carbocycles. The molecule has 7 heteroatoms. The molecule has 0 spiro atoms. The zero-order valence-electron chi connectivity index (χ0n) is 13.7. The van der Waals surface area contributed by atoms with Gasteiger partial charge in [-0.05, 0) is 39.0 Å². The maximum atomic E-state index is 12.1. The van der Waals surface area contributed by atoms with Gasteiger partial charge in [-0.15, -0.1) is 0 Å². The number of hydrogen-bond donors (Lipinski definition) is 1. The molecule has 1 aliphatic heterocycles. The average molecular weight is 321 g/mol. The van der Waals surface area contributed by atoms with Gasteiger partial charge in [-0.2, -0.15) is 5.26 Å². The molecular formula is C16H23N3O4. The SMILES string of the molecule is CC(C)(C)OC(=O)N[C@H](C=O)CN1CC(C2CC2C#N)CC1=O. The Hall–Kier alpha value is -2.10. The molecule has 126 valence electrons. The van der Waals surface area contributed by atoms with Crippen molar-refractivity contribution in [1.29, 1.82) is 5.26 Å². The minimum Gasteiger partial charge on any atom is -0.444 e. The minimum absolute atomic E-state index is 0.0311. The van der Waals surface area contributed by atoms with Crippen molar-refractivity contribution in [3.05, 3.63) is 0 Å². The second-order valence-corrected chi connectivity index (χ2v) is 7.29. The first-order valence-corrected chi connectivity index (χ1v) is 7.85. The van der Waals surface area contributed by atoms with E-state index < -0.39 is 17.7 Å². The summed E-state index contributed by atoms with van der Waals surface area (Å²) in [5.74, 6) is 0.509. The lowest BCUT2D eigenvalue weighted by atomic mass is 10.0. The van der Waals surface area contributed by atoms with Crippen LogP contribution in [-0.4, -0.2) is 47.9 Å². The van der Waals surface area contributed by atoms with Gasteiger partial charge >= 0.3 is 6.09 Å². The number of nitrogens with zero attached hydrogens (tertiary/aromatic N) is 2. The number of carbonyl (C=O) groups is 3. The predicted molar refractivity (Wildman–Crippen MR) is 81.1 cm³/mol. The van der Waals surface area contributed by atoms with Gasteiger partial charge < -0.3 is 19.7 Å². The highest BCUT2D eigenvalue weighted by Gasteiger charge is 2.47.